The predicted octanol–water partition coefficient (Wildman–Crippen LogP) is 0.694. The van der Waals surface area contributed by atoms with Crippen LogP contribution in [0.1, 0.15) is 47.5 Å². The third-order valence-electron chi connectivity index (χ3n) is 5.97. The number of hydrogen-bond acceptors (Lipinski definition) is 7. The van der Waals surface area contributed by atoms with Gasteiger partial charge in [-0.05, 0) is 44.7 Å². The van der Waals surface area contributed by atoms with Gasteiger partial charge in [-0.15, -0.1) is 0 Å². The average Bonchev–Trinajstić information content (AvgIpc) is 3.31. The number of carbonyl (C=O) groups excluding carboxylic acids is 5. The van der Waals surface area contributed by atoms with Crippen molar-refractivity contribution in [3.63, 3.8) is 0 Å². The molecule has 0 aliphatic carbocycles. The van der Waals surface area contributed by atoms with Gasteiger partial charge in [0.2, 0.25) is 29.5 Å². The third-order valence-corrected chi connectivity index (χ3v) is 5.97. The predicted molar refractivity (Wildman–Crippen MR) is 134 cm³/mol. The van der Waals surface area contributed by atoms with E-state index in [-0.39, 0.29) is 17.5 Å². The Hall–Kier alpha value is -4.03. The van der Waals surface area contributed by atoms with Crippen LogP contribution in [-0.4, -0.2) is 70.1 Å². The van der Waals surface area contributed by atoms with Crippen molar-refractivity contribution in [3.8, 4) is 0 Å². The van der Waals surface area contributed by atoms with Crippen molar-refractivity contribution >= 4 is 40.9 Å². The zero-order valence-electron chi connectivity index (χ0n) is 21.6. The number of nitrogens with one attached hydrogen (secondary N) is 4. The van der Waals surface area contributed by atoms with Crippen LogP contribution in [0.5, 0.6) is 0 Å². The van der Waals surface area contributed by atoms with E-state index < -0.39 is 52.7 Å². The maximum absolute atomic E-state index is 13.1. The summed E-state index contributed by atoms with van der Waals surface area (Å²) in [6.07, 6.45) is 0.976. The molecule has 1 saturated heterocycles. The second-order valence-electron chi connectivity index (χ2n) is 9.37. The van der Waals surface area contributed by atoms with Gasteiger partial charge in [-0.3, -0.25) is 34.1 Å². The van der Waals surface area contributed by atoms with E-state index in [0.29, 0.717) is 25.1 Å². The minimum atomic E-state index is -0.927. The van der Waals surface area contributed by atoms with Crippen molar-refractivity contribution in [2.45, 2.75) is 71.6 Å². The van der Waals surface area contributed by atoms with E-state index in [1.54, 1.807) is 13.8 Å². The normalized spacial score (nSPS) is 17.4. The quantitative estimate of drug-likeness (QED) is 0.260. The van der Waals surface area contributed by atoms with Crippen molar-refractivity contribution in [3.05, 3.63) is 34.4 Å². The summed E-state index contributed by atoms with van der Waals surface area (Å²) in [4.78, 5) is 74.1. The molecule has 1 fully saturated rings. The fourth-order valence-electron chi connectivity index (χ4n) is 3.99. The van der Waals surface area contributed by atoms with Gasteiger partial charge in [0, 0.05) is 31.3 Å². The van der Waals surface area contributed by atoms with Crippen LogP contribution in [0.4, 0.5) is 11.4 Å². The zero-order chi connectivity index (χ0) is 27.9. The van der Waals surface area contributed by atoms with Crippen LogP contribution in [0, 0.1) is 16.0 Å². The molecule has 4 N–H and O–H groups in total. The molecule has 5 amide bonds. The fourth-order valence-corrected chi connectivity index (χ4v) is 3.99. The van der Waals surface area contributed by atoms with Crippen LogP contribution in [-0.2, 0) is 24.0 Å². The number of nitro groups is 1. The molecule has 0 radical (unpaired) electrons. The van der Waals surface area contributed by atoms with Gasteiger partial charge in [0.15, 0.2) is 0 Å². The highest BCUT2D eigenvalue weighted by Crippen LogP contribution is 2.20. The minimum absolute atomic E-state index is 0.118. The number of carbonyl (C=O) groups is 5. The Morgan fingerprint density at radius 3 is 2.11 bits per heavy atom. The van der Waals surface area contributed by atoms with Gasteiger partial charge >= 0.3 is 0 Å². The van der Waals surface area contributed by atoms with E-state index in [1.807, 2.05) is 0 Å². The van der Waals surface area contributed by atoms with E-state index in [1.165, 1.54) is 49.9 Å². The molecule has 2 rings (SSSR count). The van der Waals surface area contributed by atoms with Crippen molar-refractivity contribution in [2.24, 2.45) is 5.92 Å². The van der Waals surface area contributed by atoms with Gasteiger partial charge < -0.3 is 26.2 Å². The second kappa shape index (κ2) is 12.8. The molecule has 13 heteroatoms. The van der Waals surface area contributed by atoms with Crippen LogP contribution in [0.3, 0.4) is 0 Å². The van der Waals surface area contributed by atoms with E-state index in [0.717, 1.165) is 0 Å². The lowest BCUT2D eigenvalue weighted by Gasteiger charge is -2.29. The van der Waals surface area contributed by atoms with Crippen LogP contribution >= 0.6 is 0 Å². The molecule has 0 spiro atoms. The smallest absolute Gasteiger partial charge is 0.269 e. The number of hydrogen-bond donors (Lipinski definition) is 4. The number of nitro benzene ring substituents is 1. The molecule has 1 aliphatic heterocycles. The summed E-state index contributed by atoms with van der Waals surface area (Å²) in [5, 5.41) is 21.2. The Kier molecular flexibility index (Phi) is 10.1. The molecule has 0 aromatic heterocycles. The van der Waals surface area contributed by atoms with Gasteiger partial charge in [0.05, 0.1) is 4.92 Å². The topological polar surface area (TPSA) is 180 Å². The maximum Gasteiger partial charge on any atom is 0.269 e. The van der Waals surface area contributed by atoms with Crippen molar-refractivity contribution in [2.75, 3.05) is 11.9 Å². The number of nitrogens with zero attached hydrogens (tertiary/aromatic N) is 2. The molecule has 1 aromatic rings. The Morgan fingerprint density at radius 2 is 1.57 bits per heavy atom. The van der Waals surface area contributed by atoms with Crippen LogP contribution in [0.15, 0.2) is 24.3 Å². The lowest BCUT2D eigenvalue weighted by Crippen LogP contribution is -2.57. The molecular formula is C24H34N6O7. The van der Waals surface area contributed by atoms with E-state index >= 15 is 0 Å². The number of rotatable bonds is 10. The van der Waals surface area contributed by atoms with Crippen molar-refractivity contribution in [1.82, 2.24) is 20.9 Å². The molecule has 0 saturated carbocycles. The Morgan fingerprint density at radius 1 is 0.946 bits per heavy atom. The fraction of sp³-hybridized carbons (Fsp3) is 0.542. The van der Waals surface area contributed by atoms with Crippen molar-refractivity contribution in [1.29, 1.82) is 0 Å². The Labute approximate surface area is 214 Å². The monoisotopic (exact) mass is 518 g/mol. The molecule has 37 heavy (non-hydrogen) atoms. The van der Waals surface area contributed by atoms with Gasteiger partial charge in [0.1, 0.15) is 24.2 Å². The summed E-state index contributed by atoms with van der Waals surface area (Å²) >= 11 is 0. The van der Waals surface area contributed by atoms with E-state index in [9.17, 15) is 34.1 Å². The zero-order valence-corrected chi connectivity index (χ0v) is 21.6. The summed E-state index contributed by atoms with van der Waals surface area (Å²) in [5.41, 5.74) is 0.221. The number of anilines is 1. The number of likely N-dealkylation sites (tertiary alicyclic amines) is 1. The largest absolute Gasteiger partial charge is 0.345 e. The third kappa shape index (κ3) is 7.98. The molecule has 202 valence electrons. The lowest BCUT2D eigenvalue weighted by atomic mass is 10.0. The first-order valence-electron chi connectivity index (χ1n) is 12.1. The number of non-ortho nitro benzene ring substituents is 1. The molecule has 4 atom stereocenters. The Balaban J connectivity index is 2.04. The molecule has 4 unspecified atom stereocenters. The summed E-state index contributed by atoms with van der Waals surface area (Å²) in [7, 11) is 0. The van der Waals surface area contributed by atoms with E-state index in [4.69, 9.17) is 0 Å². The highest BCUT2D eigenvalue weighted by atomic mass is 16.6. The number of benzene rings is 1. The summed E-state index contributed by atoms with van der Waals surface area (Å²) in [6, 6.07) is 1.83. The van der Waals surface area contributed by atoms with Gasteiger partial charge in [0.25, 0.3) is 5.69 Å². The second-order valence-corrected chi connectivity index (χ2v) is 9.37. The van der Waals surface area contributed by atoms with Crippen LogP contribution in [0.25, 0.3) is 0 Å². The molecule has 13 nitrogen and oxygen atoms in total. The average molecular weight is 519 g/mol. The van der Waals surface area contributed by atoms with Gasteiger partial charge in [-0.25, -0.2) is 0 Å². The Bertz CT molecular complexity index is 1040. The summed E-state index contributed by atoms with van der Waals surface area (Å²) in [6.45, 7) is 8.11. The first kappa shape index (κ1) is 29.2. The molecule has 1 aliphatic rings. The van der Waals surface area contributed by atoms with Crippen molar-refractivity contribution < 1.29 is 28.9 Å². The summed E-state index contributed by atoms with van der Waals surface area (Å²) in [5.74, 6) is -2.64. The summed E-state index contributed by atoms with van der Waals surface area (Å²) < 4.78 is 0. The minimum Gasteiger partial charge on any atom is -0.345 e. The number of amides is 5. The molecule has 0 bridgehead atoms. The van der Waals surface area contributed by atoms with Gasteiger partial charge in [-0.1, -0.05) is 13.8 Å². The van der Waals surface area contributed by atoms with E-state index in [2.05, 4.69) is 21.3 Å². The molecule has 1 aromatic carbocycles. The van der Waals surface area contributed by atoms with Crippen LogP contribution in [0.2, 0.25) is 0 Å². The molecular weight excluding hydrogens is 484 g/mol. The van der Waals surface area contributed by atoms with Crippen LogP contribution < -0.4 is 21.3 Å². The SMILES string of the molecule is CC(=O)NC(C)C(=O)NC(C)C(=O)N1CCCC1C(=O)NC(C(=O)Nc1ccc([N+](=O)[O-])cc1)C(C)C. The van der Waals surface area contributed by atoms with Gasteiger partial charge in [-0.2, -0.15) is 0 Å². The molecule has 1 heterocycles. The highest BCUT2D eigenvalue weighted by Gasteiger charge is 2.38. The lowest BCUT2D eigenvalue weighted by molar-refractivity contribution is -0.384. The highest BCUT2D eigenvalue weighted by molar-refractivity contribution is 5.99. The standard InChI is InChI=1S/C24H34N6O7/c1-13(2)20(23(34)27-17-8-10-18(11-9-17)30(36)37)28-22(33)19-7-6-12-29(19)24(35)15(4)26-21(32)14(3)25-16(5)31/h8-11,13-15,19-20H,6-7,12H2,1-5H3,(H,25,31)(H,26,32)(H,27,34)(H,28,33). The first-order valence-corrected chi connectivity index (χ1v) is 12.1. The maximum atomic E-state index is 13.1. The first-order chi connectivity index (χ1) is 17.3.